The third kappa shape index (κ3) is 5.33. The number of rotatable bonds is 8. The predicted octanol–water partition coefficient (Wildman–Crippen LogP) is 4.74. The van der Waals surface area contributed by atoms with Gasteiger partial charge in [-0.1, -0.05) is 72.3 Å². The van der Waals surface area contributed by atoms with E-state index in [9.17, 15) is 5.11 Å². The highest BCUT2D eigenvalue weighted by atomic mass is 35.5. The van der Waals surface area contributed by atoms with Gasteiger partial charge in [0.15, 0.2) is 0 Å². The fourth-order valence-electron chi connectivity index (χ4n) is 2.67. The molecule has 3 aromatic carbocycles. The van der Waals surface area contributed by atoms with Gasteiger partial charge in [-0.05, 0) is 29.3 Å². The number of ether oxygens (including phenoxy) is 1. The van der Waals surface area contributed by atoms with Crippen LogP contribution in [-0.2, 0) is 13.2 Å². The second-order valence-corrected chi connectivity index (χ2v) is 6.52. The molecule has 0 fully saturated rings. The molecule has 0 saturated heterocycles. The number of aliphatic hydroxyl groups excluding tert-OH is 1. The summed E-state index contributed by atoms with van der Waals surface area (Å²) in [5, 5.41) is 14.3. The number of hydrogen-bond acceptors (Lipinski definition) is 3. The molecule has 3 aromatic rings. The van der Waals surface area contributed by atoms with Gasteiger partial charge in [0.1, 0.15) is 12.4 Å². The first-order valence-corrected chi connectivity index (χ1v) is 8.99. The summed E-state index contributed by atoms with van der Waals surface area (Å²) in [5.74, 6) is 0.837. The Morgan fingerprint density at radius 2 is 1.58 bits per heavy atom. The van der Waals surface area contributed by atoms with Crippen molar-refractivity contribution in [2.45, 2.75) is 19.3 Å². The van der Waals surface area contributed by atoms with E-state index in [1.807, 2.05) is 78.9 Å². The van der Waals surface area contributed by atoms with Gasteiger partial charge < -0.3 is 15.2 Å². The number of hydrogen-bond donors (Lipinski definition) is 2. The van der Waals surface area contributed by atoms with Crippen molar-refractivity contribution in [1.29, 1.82) is 0 Å². The molecule has 0 aliphatic rings. The Balaban J connectivity index is 1.54. The van der Waals surface area contributed by atoms with Crippen LogP contribution in [0.25, 0.3) is 0 Å². The van der Waals surface area contributed by atoms with Gasteiger partial charge in [0.2, 0.25) is 0 Å². The largest absolute Gasteiger partial charge is 0.489 e. The second kappa shape index (κ2) is 9.39. The Kier molecular flexibility index (Phi) is 6.67. The molecule has 0 spiro atoms. The van der Waals surface area contributed by atoms with Crippen molar-refractivity contribution in [3.63, 3.8) is 0 Å². The molecule has 0 aliphatic heterocycles. The fraction of sp³-hybridized carbons (Fsp3) is 0.182. The molecule has 2 N–H and O–H groups in total. The summed E-state index contributed by atoms with van der Waals surface area (Å²) >= 11 is 5.91. The summed E-state index contributed by atoms with van der Waals surface area (Å²) in [4.78, 5) is 0. The van der Waals surface area contributed by atoms with Gasteiger partial charge in [0, 0.05) is 23.7 Å². The summed E-state index contributed by atoms with van der Waals surface area (Å²) in [6.45, 7) is 1.59. The lowest BCUT2D eigenvalue weighted by molar-refractivity contribution is 0.174. The summed E-state index contributed by atoms with van der Waals surface area (Å²) in [6, 6.07) is 25.2. The molecule has 3 rings (SSSR count). The van der Waals surface area contributed by atoms with E-state index >= 15 is 0 Å². The molecule has 0 aliphatic carbocycles. The van der Waals surface area contributed by atoms with Crippen LogP contribution in [0.4, 0.5) is 0 Å². The lowest BCUT2D eigenvalue weighted by Crippen LogP contribution is -2.21. The van der Waals surface area contributed by atoms with Crippen LogP contribution < -0.4 is 10.1 Å². The van der Waals surface area contributed by atoms with Gasteiger partial charge in [0.25, 0.3) is 0 Å². The summed E-state index contributed by atoms with van der Waals surface area (Å²) in [6.07, 6.45) is -0.529. The van der Waals surface area contributed by atoms with Crippen LogP contribution in [0.3, 0.4) is 0 Å². The van der Waals surface area contributed by atoms with Gasteiger partial charge >= 0.3 is 0 Å². The molecule has 3 nitrogen and oxygen atoms in total. The van der Waals surface area contributed by atoms with Crippen molar-refractivity contribution < 1.29 is 9.84 Å². The van der Waals surface area contributed by atoms with Gasteiger partial charge in [-0.25, -0.2) is 0 Å². The molecule has 0 radical (unpaired) electrons. The van der Waals surface area contributed by atoms with E-state index in [4.69, 9.17) is 16.3 Å². The molecule has 26 heavy (non-hydrogen) atoms. The monoisotopic (exact) mass is 367 g/mol. The van der Waals surface area contributed by atoms with Crippen molar-refractivity contribution in [2.24, 2.45) is 0 Å². The van der Waals surface area contributed by atoms with Crippen molar-refractivity contribution in [3.05, 3.63) is 101 Å². The van der Waals surface area contributed by atoms with E-state index in [-0.39, 0.29) is 0 Å². The average molecular weight is 368 g/mol. The number of benzene rings is 3. The fourth-order valence-corrected chi connectivity index (χ4v) is 2.79. The first-order chi connectivity index (χ1) is 12.7. The van der Waals surface area contributed by atoms with Crippen LogP contribution >= 0.6 is 11.6 Å². The van der Waals surface area contributed by atoms with E-state index in [1.54, 1.807) is 0 Å². The number of nitrogens with one attached hydrogen (secondary N) is 1. The van der Waals surface area contributed by atoms with Gasteiger partial charge in [-0.2, -0.15) is 0 Å². The standard InChI is InChI=1S/C22H22ClNO2/c23-20-12-10-17(11-13-20)16-26-22-9-5-4-8-19(22)14-24-15-21(25)18-6-2-1-3-7-18/h1-13,21,24-25H,14-16H2/t21-/m0/s1. The Morgan fingerprint density at radius 3 is 2.35 bits per heavy atom. The van der Waals surface area contributed by atoms with Crippen molar-refractivity contribution >= 4 is 11.6 Å². The third-order valence-electron chi connectivity index (χ3n) is 4.12. The molecule has 134 valence electrons. The first kappa shape index (κ1) is 18.5. The number of para-hydroxylation sites is 1. The van der Waals surface area contributed by atoms with Crippen LogP contribution in [0, 0.1) is 0 Å². The highest BCUT2D eigenvalue weighted by Crippen LogP contribution is 2.20. The topological polar surface area (TPSA) is 41.5 Å². The molecular weight excluding hydrogens is 346 g/mol. The molecule has 0 unspecified atom stereocenters. The maximum Gasteiger partial charge on any atom is 0.124 e. The van der Waals surface area contributed by atoms with Gasteiger partial charge in [-0.15, -0.1) is 0 Å². The van der Waals surface area contributed by atoms with Crippen LogP contribution in [0.5, 0.6) is 5.75 Å². The Morgan fingerprint density at radius 1 is 0.885 bits per heavy atom. The van der Waals surface area contributed by atoms with E-state index < -0.39 is 6.10 Å². The molecule has 0 heterocycles. The summed E-state index contributed by atoms with van der Waals surface area (Å²) < 4.78 is 5.96. The normalized spacial score (nSPS) is 11.9. The van der Waals surface area contributed by atoms with Crippen LogP contribution in [-0.4, -0.2) is 11.7 Å². The third-order valence-corrected chi connectivity index (χ3v) is 4.37. The quantitative estimate of drug-likeness (QED) is 0.604. The predicted molar refractivity (Wildman–Crippen MR) is 105 cm³/mol. The van der Waals surface area contributed by atoms with Crippen LogP contribution in [0.1, 0.15) is 22.8 Å². The molecule has 0 saturated carbocycles. The van der Waals surface area contributed by atoms with Crippen molar-refractivity contribution in [2.75, 3.05) is 6.54 Å². The zero-order valence-corrected chi connectivity index (χ0v) is 15.2. The first-order valence-electron chi connectivity index (χ1n) is 8.61. The van der Waals surface area contributed by atoms with E-state index in [2.05, 4.69) is 5.32 Å². The van der Waals surface area contributed by atoms with Gasteiger partial charge in [-0.3, -0.25) is 0 Å². The zero-order valence-electron chi connectivity index (χ0n) is 14.4. The SMILES string of the molecule is O[C@@H](CNCc1ccccc1OCc1ccc(Cl)cc1)c1ccccc1. The lowest BCUT2D eigenvalue weighted by atomic mass is 10.1. The van der Waals surface area contributed by atoms with E-state index in [0.29, 0.717) is 19.7 Å². The molecule has 0 aromatic heterocycles. The average Bonchev–Trinajstić information content (AvgIpc) is 2.69. The highest BCUT2D eigenvalue weighted by molar-refractivity contribution is 6.30. The van der Waals surface area contributed by atoms with Crippen molar-refractivity contribution in [3.8, 4) is 5.75 Å². The second-order valence-electron chi connectivity index (χ2n) is 6.08. The number of aliphatic hydroxyl groups is 1. The van der Waals surface area contributed by atoms with E-state index in [1.165, 1.54) is 0 Å². The maximum absolute atomic E-state index is 10.2. The van der Waals surface area contributed by atoms with Crippen LogP contribution in [0.15, 0.2) is 78.9 Å². The summed E-state index contributed by atoms with van der Waals surface area (Å²) in [7, 11) is 0. The van der Waals surface area contributed by atoms with Gasteiger partial charge in [0.05, 0.1) is 6.10 Å². The minimum Gasteiger partial charge on any atom is -0.489 e. The smallest absolute Gasteiger partial charge is 0.124 e. The Labute approximate surface area is 159 Å². The lowest BCUT2D eigenvalue weighted by Gasteiger charge is -2.15. The highest BCUT2D eigenvalue weighted by Gasteiger charge is 2.08. The van der Waals surface area contributed by atoms with Crippen LogP contribution in [0.2, 0.25) is 5.02 Å². The maximum atomic E-state index is 10.2. The molecule has 0 amide bonds. The van der Waals surface area contributed by atoms with E-state index in [0.717, 1.165) is 27.5 Å². The van der Waals surface area contributed by atoms with Crippen molar-refractivity contribution in [1.82, 2.24) is 5.32 Å². The Hall–Kier alpha value is -2.33. The zero-order chi connectivity index (χ0) is 18.2. The Bertz CT molecular complexity index is 806. The summed E-state index contributed by atoms with van der Waals surface area (Å²) in [5.41, 5.74) is 3.03. The number of halogens is 1. The molecule has 0 bridgehead atoms. The minimum absolute atomic E-state index is 0.482. The molecular formula is C22H22ClNO2. The molecule has 4 heteroatoms. The minimum atomic E-state index is -0.529. The molecule has 1 atom stereocenters.